The van der Waals surface area contributed by atoms with Gasteiger partial charge < -0.3 is 5.11 Å². The van der Waals surface area contributed by atoms with Crippen LogP contribution < -0.4 is 0 Å². The van der Waals surface area contributed by atoms with Gasteiger partial charge in [0.2, 0.25) is 0 Å². The van der Waals surface area contributed by atoms with Crippen LogP contribution in [0, 0.1) is 0 Å². The van der Waals surface area contributed by atoms with Crippen LogP contribution in [0.1, 0.15) is 24.8 Å². The molecule has 1 N–H and O–H groups in total. The van der Waals surface area contributed by atoms with Crippen molar-refractivity contribution in [2.75, 3.05) is 0 Å². The summed E-state index contributed by atoms with van der Waals surface area (Å²) in [6.07, 6.45) is 4.70. The van der Waals surface area contributed by atoms with Crippen LogP contribution in [0.4, 0.5) is 0 Å². The molecule has 1 nitrogen and oxygen atoms in total. The molecule has 0 bridgehead atoms. The van der Waals surface area contributed by atoms with E-state index >= 15 is 0 Å². The SMILES string of the molecule is OC1CC=C(c2ccc(Br)cc2)CC1. The van der Waals surface area contributed by atoms with E-state index < -0.39 is 0 Å². The summed E-state index contributed by atoms with van der Waals surface area (Å²) in [7, 11) is 0. The van der Waals surface area contributed by atoms with E-state index in [0.717, 1.165) is 23.7 Å². The highest BCUT2D eigenvalue weighted by Crippen LogP contribution is 2.27. The van der Waals surface area contributed by atoms with Crippen LogP contribution in [0.15, 0.2) is 34.8 Å². The number of aliphatic hydroxyl groups is 1. The molecule has 0 spiro atoms. The number of benzene rings is 1. The summed E-state index contributed by atoms with van der Waals surface area (Å²) in [6.45, 7) is 0. The van der Waals surface area contributed by atoms with E-state index in [0.29, 0.717) is 0 Å². The van der Waals surface area contributed by atoms with Gasteiger partial charge in [-0.1, -0.05) is 34.1 Å². The predicted octanol–water partition coefficient (Wildman–Crippen LogP) is 3.38. The average Bonchev–Trinajstić information content (AvgIpc) is 2.21. The number of halogens is 1. The van der Waals surface area contributed by atoms with Crippen LogP contribution in [0.3, 0.4) is 0 Å². The fourth-order valence-corrected chi connectivity index (χ4v) is 2.01. The van der Waals surface area contributed by atoms with Crippen LogP contribution in [0.25, 0.3) is 5.57 Å². The molecule has 0 amide bonds. The first-order valence-electron chi connectivity index (χ1n) is 4.89. The lowest BCUT2D eigenvalue weighted by atomic mass is 9.92. The van der Waals surface area contributed by atoms with Gasteiger partial charge in [0.1, 0.15) is 0 Å². The minimum atomic E-state index is -0.130. The van der Waals surface area contributed by atoms with Gasteiger partial charge in [-0.15, -0.1) is 0 Å². The molecule has 1 aromatic rings. The molecule has 74 valence electrons. The first-order valence-corrected chi connectivity index (χ1v) is 5.68. The monoisotopic (exact) mass is 252 g/mol. The van der Waals surface area contributed by atoms with Crippen LogP contribution in [0.5, 0.6) is 0 Å². The van der Waals surface area contributed by atoms with E-state index in [9.17, 15) is 5.11 Å². The third kappa shape index (κ3) is 2.25. The van der Waals surface area contributed by atoms with E-state index in [-0.39, 0.29) is 6.10 Å². The quantitative estimate of drug-likeness (QED) is 0.813. The summed E-state index contributed by atoms with van der Waals surface area (Å²) in [5.41, 5.74) is 2.64. The van der Waals surface area contributed by atoms with Gasteiger partial charge >= 0.3 is 0 Å². The van der Waals surface area contributed by atoms with Gasteiger partial charge in [-0.05, 0) is 42.5 Å². The summed E-state index contributed by atoms with van der Waals surface area (Å²) < 4.78 is 1.11. The summed E-state index contributed by atoms with van der Waals surface area (Å²) in [4.78, 5) is 0. The standard InChI is InChI=1S/C12H13BrO/c13-11-5-1-9(2-6-11)10-3-7-12(14)8-4-10/h1-3,5-6,12,14H,4,7-8H2. The Balaban J connectivity index is 2.19. The molecule has 1 aromatic carbocycles. The van der Waals surface area contributed by atoms with Crippen molar-refractivity contribution in [3.05, 3.63) is 40.4 Å². The maximum atomic E-state index is 9.37. The highest BCUT2D eigenvalue weighted by Gasteiger charge is 2.12. The van der Waals surface area contributed by atoms with Crippen molar-refractivity contribution in [2.24, 2.45) is 0 Å². The molecular formula is C12H13BrO. The Bertz CT molecular complexity index is 340. The number of aliphatic hydroxyl groups excluding tert-OH is 1. The van der Waals surface area contributed by atoms with Crippen molar-refractivity contribution >= 4 is 21.5 Å². The minimum Gasteiger partial charge on any atom is -0.393 e. The molecule has 1 unspecified atom stereocenters. The lowest BCUT2D eigenvalue weighted by Crippen LogP contribution is -2.09. The van der Waals surface area contributed by atoms with Crippen molar-refractivity contribution < 1.29 is 5.11 Å². The Hall–Kier alpha value is -0.600. The zero-order valence-electron chi connectivity index (χ0n) is 7.91. The largest absolute Gasteiger partial charge is 0.393 e. The molecule has 0 saturated heterocycles. The molecule has 2 heteroatoms. The lowest BCUT2D eigenvalue weighted by molar-refractivity contribution is 0.166. The van der Waals surface area contributed by atoms with Gasteiger partial charge in [0, 0.05) is 4.47 Å². The normalized spacial score (nSPS) is 21.9. The Morgan fingerprint density at radius 1 is 1.21 bits per heavy atom. The maximum absolute atomic E-state index is 9.37. The molecule has 14 heavy (non-hydrogen) atoms. The Morgan fingerprint density at radius 3 is 2.50 bits per heavy atom. The second-order valence-electron chi connectivity index (χ2n) is 3.66. The van der Waals surface area contributed by atoms with Gasteiger partial charge in [-0.25, -0.2) is 0 Å². The number of allylic oxidation sites excluding steroid dienone is 1. The average molecular weight is 253 g/mol. The highest BCUT2D eigenvalue weighted by atomic mass is 79.9. The molecule has 2 rings (SSSR count). The molecule has 0 fully saturated rings. The molecule has 0 aromatic heterocycles. The predicted molar refractivity (Wildman–Crippen MR) is 62.0 cm³/mol. The summed E-state index contributed by atoms with van der Waals surface area (Å²) in [5, 5.41) is 9.37. The van der Waals surface area contributed by atoms with E-state index in [1.807, 2.05) is 0 Å². The van der Waals surface area contributed by atoms with Gasteiger partial charge in [-0.3, -0.25) is 0 Å². The van der Waals surface area contributed by atoms with Crippen molar-refractivity contribution in [2.45, 2.75) is 25.4 Å². The van der Waals surface area contributed by atoms with Crippen LogP contribution in [-0.2, 0) is 0 Å². The summed E-state index contributed by atoms with van der Waals surface area (Å²) in [6, 6.07) is 8.35. The molecule has 1 aliphatic carbocycles. The first kappa shape index (κ1) is 9.94. The lowest BCUT2D eigenvalue weighted by Gasteiger charge is -2.17. The molecule has 0 aliphatic heterocycles. The van der Waals surface area contributed by atoms with E-state index in [1.165, 1.54) is 11.1 Å². The van der Waals surface area contributed by atoms with Crippen molar-refractivity contribution in [3.8, 4) is 0 Å². The molecule has 1 atom stereocenters. The van der Waals surface area contributed by atoms with Gasteiger partial charge in [-0.2, -0.15) is 0 Å². The van der Waals surface area contributed by atoms with Gasteiger partial charge in [0.25, 0.3) is 0 Å². The fourth-order valence-electron chi connectivity index (χ4n) is 1.75. The molecule has 0 saturated carbocycles. The zero-order valence-corrected chi connectivity index (χ0v) is 9.50. The topological polar surface area (TPSA) is 20.2 Å². The third-order valence-corrected chi connectivity index (χ3v) is 3.13. The van der Waals surface area contributed by atoms with Gasteiger partial charge in [0.15, 0.2) is 0 Å². The Morgan fingerprint density at radius 2 is 1.93 bits per heavy atom. The highest BCUT2D eigenvalue weighted by molar-refractivity contribution is 9.10. The first-order chi connectivity index (χ1) is 6.75. The number of hydrogen-bond donors (Lipinski definition) is 1. The zero-order chi connectivity index (χ0) is 9.97. The number of rotatable bonds is 1. The minimum absolute atomic E-state index is 0.130. The summed E-state index contributed by atoms with van der Waals surface area (Å²) in [5.74, 6) is 0. The maximum Gasteiger partial charge on any atom is 0.0578 e. The smallest absolute Gasteiger partial charge is 0.0578 e. The molecule has 1 aliphatic rings. The Kier molecular flexibility index (Phi) is 3.04. The van der Waals surface area contributed by atoms with Crippen molar-refractivity contribution in [3.63, 3.8) is 0 Å². The second-order valence-corrected chi connectivity index (χ2v) is 4.58. The molecule has 0 heterocycles. The Labute approximate surface area is 92.6 Å². The van der Waals surface area contributed by atoms with E-state index in [4.69, 9.17) is 0 Å². The molecule has 0 radical (unpaired) electrons. The van der Waals surface area contributed by atoms with E-state index in [1.54, 1.807) is 0 Å². The van der Waals surface area contributed by atoms with Crippen molar-refractivity contribution in [1.29, 1.82) is 0 Å². The van der Waals surface area contributed by atoms with Gasteiger partial charge in [0.05, 0.1) is 6.10 Å². The fraction of sp³-hybridized carbons (Fsp3) is 0.333. The van der Waals surface area contributed by atoms with E-state index in [2.05, 4.69) is 46.3 Å². The van der Waals surface area contributed by atoms with Crippen molar-refractivity contribution in [1.82, 2.24) is 0 Å². The van der Waals surface area contributed by atoms with Crippen LogP contribution in [0.2, 0.25) is 0 Å². The number of hydrogen-bond acceptors (Lipinski definition) is 1. The van der Waals surface area contributed by atoms with Crippen LogP contribution in [-0.4, -0.2) is 11.2 Å². The third-order valence-electron chi connectivity index (χ3n) is 2.60. The summed E-state index contributed by atoms with van der Waals surface area (Å²) >= 11 is 3.42. The van der Waals surface area contributed by atoms with Crippen LogP contribution >= 0.6 is 15.9 Å². The second kappa shape index (κ2) is 4.28. The molecular weight excluding hydrogens is 240 g/mol.